The summed E-state index contributed by atoms with van der Waals surface area (Å²) < 4.78 is 38.3. The molecule has 1 heterocycles. The highest BCUT2D eigenvalue weighted by Gasteiger charge is 2.51. The summed E-state index contributed by atoms with van der Waals surface area (Å²) in [6.07, 6.45) is -5.05. The van der Waals surface area contributed by atoms with Gasteiger partial charge in [0.25, 0.3) is 5.71 Å². The van der Waals surface area contributed by atoms with Crippen LogP contribution < -0.4 is 10.0 Å². The number of hydrazine groups is 1. The summed E-state index contributed by atoms with van der Waals surface area (Å²) in [5, 5.41) is 1.18. The molecule has 1 aliphatic heterocycles. The van der Waals surface area contributed by atoms with Gasteiger partial charge in [0.2, 0.25) is 0 Å². The van der Waals surface area contributed by atoms with E-state index in [1.807, 2.05) is 0 Å². The van der Waals surface area contributed by atoms with E-state index in [-0.39, 0.29) is 11.4 Å². The number of anilines is 1. The Bertz CT molecular complexity index is 663. The van der Waals surface area contributed by atoms with Gasteiger partial charge in [-0.3, -0.25) is 4.79 Å². The summed E-state index contributed by atoms with van der Waals surface area (Å²) >= 11 is 0. The van der Waals surface area contributed by atoms with Gasteiger partial charge in [-0.15, -0.1) is 0 Å². The zero-order valence-electron chi connectivity index (χ0n) is 11.2. The quantitative estimate of drug-likeness (QED) is 0.722. The third-order valence-corrected chi connectivity index (χ3v) is 3.05. The fourth-order valence-electron chi connectivity index (χ4n) is 1.90. The highest BCUT2D eigenvalue weighted by atomic mass is 19.4. The van der Waals surface area contributed by atoms with Gasteiger partial charge >= 0.3 is 23.7 Å². The predicted molar refractivity (Wildman–Crippen MR) is 67.8 cm³/mol. The van der Waals surface area contributed by atoms with Crippen molar-refractivity contribution in [3.63, 3.8) is 0 Å². The topological polar surface area (TPSA) is 54.4 Å². The molecule has 21 heavy (non-hydrogen) atoms. The molecule has 0 aromatic heterocycles. The summed E-state index contributed by atoms with van der Waals surface area (Å²) in [6.45, 7) is 1.45. The monoisotopic (exact) mass is 299 g/mol. The van der Waals surface area contributed by atoms with E-state index >= 15 is 0 Å². The minimum absolute atomic E-state index is 0.224. The molecule has 110 valence electrons. The molecular weight excluding hydrogens is 287 g/mol. The molecule has 0 unspecified atom stereocenters. The summed E-state index contributed by atoms with van der Waals surface area (Å²) in [5.41, 5.74) is 0.325. The van der Waals surface area contributed by atoms with Crippen LogP contribution in [-0.4, -0.2) is 41.1 Å². The predicted octanol–water partition coefficient (Wildman–Crippen LogP) is -0.338. The van der Waals surface area contributed by atoms with Crippen LogP contribution in [-0.2, 0) is 9.59 Å². The first kappa shape index (κ1) is 14.9. The molecule has 0 radical (unpaired) electrons. The second kappa shape index (κ2) is 5.12. The number of rotatable bonds is 1. The number of nitrogens with zero attached hydrogens (tertiary/aromatic N) is 2. The van der Waals surface area contributed by atoms with E-state index in [4.69, 9.17) is 0 Å². The molecule has 2 rings (SSSR count). The Morgan fingerprint density at radius 3 is 2.33 bits per heavy atom. The van der Waals surface area contributed by atoms with E-state index in [1.54, 1.807) is 35.3 Å². The molecule has 1 aromatic rings. The molecular formula is C13H12F3N3O2+2. The Balaban J connectivity index is 2.44. The number of hydrogen-bond donors (Lipinski definition) is 1. The number of halogens is 3. The number of amides is 2. The van der Waals surface area contributed by atoms with Crippen molar-refractivity contribution in [2.75, 3.05) is 12.1 Å². The molecule has 0 saturated carbocycles. The standard InChI is InChI=1S/C13H11F3N3O2/c1-8-10(17-12(21)13(14,15)16)11(20)19(18(8)2)9-6-4-3-5-7-9/h3-7H,1-2H3/q+1/p+1. The van der Waals surface area contributed by atoms with Crippen molar-refractivity contribution in [3.8, 4) is 0 Å². The number of alkyl halides is 3. The summed E-state index contributed by atoms with van der Waals surface area (Å²) in [6, 6.07) is 8.40. The van der Waals surface area contributed by atoms with Gasteiger partial charge in [0.05, 0.1) is 0 Å². The zero-order valence-corrected chi connectivity index (χ0v) is 11.2. The molecule has 2 amide bonds. The van der Waals surface area contributed by atoms with Crippen LogP contribution in [0, 0.1) is 0 Å². The molecule has 0 saturated heterocycles. The van der Waals surface area contributed by atoms with Crippen LogP contribution in [0.15, 0.2) is 30.3 Å². The van der Waals surface area contributed by atoms with Gasteiger partial charge in [0.15, 0.2) is 7.05 Å². The van der Waals surface area contributed by atoms with E-state index < -0.39 is 18.0 Å². The van der Waals surface area contributed by atoms with Crippen molar-refractivity contribution in [2.45, 2.75) is 13.1 Å². The highest BCUT2D eigenvalue weighted by Crippen LogP contribution is 2.17. The maximum Gasteiger partial charge on any atom is 0.521 e. The van der Waals surface area contributed by atoms with E-state index in [2.05, 4.69) is 0 Å². The lowest BCUT2D eigenvalue weighted by molar-refractivity contribution is -0.495. The van der Waals surface area contributed by atoms with Crippen LogP contribution in [0.5, 0.6) is 0 Å². The van der Waals surface area contributed by atoms with Gasteiger partial charge in [-0.1, -0.05) is 27.9 Å². The molecule has 0 atom stereocenters. The van der Waals surface area contributed by atoms with E-state index in [1.165, 1.54) is 23.7 Å². The molecule has 1 N–H and O–H groups in total. The zero-order chi connectivity index (χ0) is 15.8. The number of nitrogens with one attached hydrogen (secondary N) is 1. The minimum atomic E-state index is -5.05. The number of carbonyl (C=O) groups is 2. The normalized spacial score (nSPS) is 17.9. The summed E-state index contributed by atoms with van der Waals surface area (Å²) in [5.74, 6) is -2.90. The molecule has 0 bridgehead atoms. The first-order valence-electron chi connectivity index (χ1n) is 5.95. The lowest BCUT2D eigenvalue weighted by Gasteiger charge is -2.08. The SMILES string of the molecule is CC1=[N+](C)N(c2ccccc2)C(=O)C1=[NH+]C(=O)C(F)(F)F. The number of hydrazone groups is 1. The molecule has 1 aromatic carbocycles. The van der Waals surface area contributed by atoms with Gasteiger partial charge in [0.1, 0.15) is 5.69 Å². The summed E-state index contributed by atoms with van der Waals surface area (Å²) in [4.78, 5) is 24.9. The average Bonchev–Trinajstić information content (AvgIpc) is 2.63. The molecule has 0 spiro atoms. The first-order valence-corrected chi connectivity index (χ1v) is 5.95. The van der Waals surface area contributed by atoms with E-state index in [0.29, 0.717) is 5.69 Å². The molecule has 1 aliphatic rings. The molecule has 8 heteroatoms. The van der Waals surface area contributed by atoms with Crippen molar-refractivity contribution in [3.05, 3.63) is 30.3 Å². The van der Waals surface area contributed by atoms with Crippen LogP contribution in [0.4, 0.5) is 18.9 Å². The fraction of sp³-hybridized carbons (Fsp3) is 0.231. The second-order valence-corrected chi connectivity index (χ2v) is 4.39. The van der Waals surface area contributed by atoms with Gasteiger partial charge in [-0.2, -0.15) is 18.2 Å². The lowest BCUT2D eigenvalue weighted by Crippen LogP contribution is -2.83. The van der Waals surface area contributed by atoms with Gasteiger partial charge in [-0.05, 0) is 12.1 Å². The average molecular weight is 299 g/mol. The number of benzene rings is 1. The van der Waals surface area contributed by atoms with Crippen LogP contribution in [0.3, 0.4) is 0 Å². The maximum absolute atomic E-state index is 12.3. The molecule has 0 aliphatic carbocycles. The summed E-state index contributed by atoms with van der Waals surface area (Å²) in [7, 11) is 1.52. The Kier molecular flexibility index (Phi) is 3.63. The van der Waals surface area contributed by atoms with Gasteiger partial charge < -0.3 is 0 Å². The Morgan fingerprint density at radius 1 is 1.24 bits per heavy atom. The van der Waals surface area contributed by atoms with Gasteiger partial charge in [0, 0.05) is 6.92 Å². The smallest absolute Gasteiger partial charge is 0.255 e. The first-order chi connectivity index (χ1) is 9.73. The van der Waals surface area contributed by atoms with Gasteiger partial charge in [-0.25, -0.2) is 4.79 Å². The van der Waals surface area contributed by atoms with Crippen molar-refractivity contribution >= 4 is 28.9 Å². The molecule has 0 fully saturated rings. The fourth-order valence-corrected chi connectivity index (χ4v) is 1.90. The largest absolute Gasteiger partial charge is 0.521 e. The van der Waals surface area contributed by atoms with Crippen LogP contribution in [0.2, 0.25) is 0 Å². The third kappa shape index (κ3) is 2.69. The Morgan fingerprint density at radius 2 is 1.81 bits per heavy atom. The van der Waals surface area contributed by atoms with Crippen LogP contribution >= 0.6 is 0 Å². The Labute approximate surface area is 118 Å². The van der Waals surface area contributed by atoms with Crippen LogP contribution in [0.25, 0.3) is 0 Å². The van der Waals surface area contributed by atoms with Crippen molar-refractivity contribution in [1.29, 1.82) is 0 Å². The van der Waals surface area contributed by atoms with E-state index in [0.717, 1.165) is 0 Å². The third-order valence-electron chi connectivity index (χ3n) is 3.05. The Hall–Kier alpha value is -2.51. The maximum atomic E-state index is 12.3. The number of hydrogen-bond acceptors (Lipinski definition) is 2. The molecule has 5 nitrogen and oxygen atoms in total. The highest BCUT2D eigenvalue weighted by molar-refractivity contribution is 6.67. The second-order valence-electron chi connectivity index (χ2n) is 4.39. The van der Waals surface area contributed by atoms with E-state index in [9.17, 15) is 22.8 Å². The van der Waals surface area contributed by atoms with Crippen molar-refractivity contribution in [2.24, 2.45) is 0 Å². The minimum Gasteiger partial charge on any atom is -0.255 e. The van der Waals surface area contributed by atoms with Crippen molar-refractivity contribution in [1.82, 2.24) is 0 Å². The van der Waals surface area contributed by atoms with Crippen molar-refractivity contribution < 1.29 is 32.4 Å². The number of para-hydroxylation sites is 1. The van der Waals surface area contributed by atoms with Crippen LogP contribution in [0.1, 0.15) is 6.92 Å². The lowest BCUT2D eigenvalue weighted by atomic mass is 10.2. The number of carbonyl (C=O) groups excluding carboxylic acids is 2.